The number of aryl methyl sites for hydroxylation is 2. The van der Waals surface area contributed by atoms with Gasteiger partial charge >= 0.3 is 0 Å². The molecule has 12 rings (SSSR count). The van der Waals surface area contributed by atoms with E-state index in [0.29, 0.717) is 59.2 Å². The lowest BCUT2D eigenvalue weighted by Gasteiger charge is -2.09. The van der Waals surface area contributed by atoms with Crippen molar-refractivity contribution in [3.8, 4) is 11.5 Å². The van der Waals surface area contributed by atoms with Crippen LogP contribution in [0.25, 0.3) is 87.2 Å². The minimum Gasteiger partial charge on any atom is -0.489 e. The van der Waals surface area contributed by atoms with Crippen LogP contribution in [0.15, 0.2) is 84.9 Å². The number of tetrazole rings is 2. The first kappa shape index (κ1) is 39.8. The smallest absolute Gasteiger partial charge is 0.260 e. The van der Waals surface area contributed by atoms with Gasteiger partial charge in [0.25, 0.3) is 5.95 Å². The molecule has 0 radical (unpaired) electrons. The van der Waals surface area contributed by atoms with E-state index in [1.807, 2.05) is 72.8 Å². The number of hydrogen-bond acceptors (Lipinski definition) is 10. The zero-order valence-electron chi connectivity index (χ0n) is 33.4. The number of anilines is 2. The Morgan fingerprint density at radius 1 is 0.484 bits per heavy atom. The van der Waals surface area contributed by atoms with E-state index in [-0.39, 0.29) is 11.9 Å². The molecule has 320 valence electrons. The van der Waals surface area contributed by atoms with Crippen LogP contribution < -0.4 is 20.9 Å². The topological polar surface area (TPSA) is 221 Å². The van der Waals surface area contributed by atoms with E-state index in [1.165, 1.54) is 4.80 Å². The monoisotopic (exact) mass is 930 g/mol. The molecule has 0 aliphatic rings. The maximum Gasteiger partial charge on any atom is 0.260 e. The third-order valence-corrected chi connectivity index (χ3v) is 12.2. The van der Waals surface area contributed by atoms with Gasteiger partial charge in [0.05, 0.1) is 41.8 Å². The second-order valence-electron chi connectivity index (χ2n) is 15.3. The van der Waals surface area contributed by atoms with Gasteiger partial charge in [0.1, 0.15) is 0 Å². The molecule has 0 saturated carbocycles. The molecular weight excluding hydrogens is 898 g/mol. The number of hydrogen-bond donors (Lipinski definition) is 6. The summed E-state index contributed by atoms with van der Waals surface area (Å²) in [6.07, 6.45) is 1.37. The summed E-state index contributed by atoms with van der Waals surface area (Å²) < 4.78 is 14.2. The predicted octanol–water partition coefficient (Wildman–Crippen LogP) is 10.6. The Balaban J connectivity index is 0.000000143. The number of nitrogens with two attached hydrogens (primary N) is 2. The Morgan fingerprint density at radius 2 is 0.891 bits per heavy atom. The van der Waals surface area contributed by atoms with Crippen molar-refractivity contribution in [2.24, 2.45) is 0 Å². The third kappa shape index (κ3) is 7.13. The number of aromatic amines is 4. The van der Waals surface area contributed by atoms with E-state index in [4.69, 9.17) is 67.3 Å². The average Bonchev–Trinajstić information content (AvgIpc) is 4.15. The van der Waals surface area contributed by atoms with Crippen LogP contribution in [0.1, 0.15) is 12.8 Å². The van der Waals surface area contributed by atoms with Crippen LogP contribution in [0.3, 0.4) is 0 Å². The number of fused-ring (bicyclic) bond motifs is 12. The Morgan fingerprint density at radius 3 is 1.25 bits per heavy atom. The highest BCUT2D eigenvalue weighted by atomic mass is 35.5. The SMILES string of the molecule is Nc1nnn(CCCOc2c3[nH]c4ccc(Cl)cc4c3cc3c2[nH]c2ccc(Cl)cc23)n1.Nc1nnnn1CCCOc1c2[nH]c3ccc(Cl)cc3c2cc2c1[nH]c1ccc(Cl)cc12. The summed E-state index contributed by atoms with van der Waals surface area (Å²) >= 11 is 25.2. The summed E-state index contributed by atoms with van der Waals surface area (Å²) in [6.45, 7) is 2.03. The summed E-state index contributed by atoms with van der Waals surface area (Å²) in [6, 6.07) is 27.6. The lowest BCUT2D eigenvalue weighted by atomic mass is 10.1. The zero-order valence-corrected chi connectivity index (χ0v) is 36.4. The van der Waals surface area contributed by atoms with Crippen LogP contribution >= 0.6 is 46.4 Å². The standard InChI is InChI=1S/2C22H17Cl2N7O/c23-11-2-4-17-13(8-11)15-10-16-14-9-12(24)3-5-18(14)27-20(16)21(19(15)26-17)32-7-1-6-31-22(25)28-29-30-31;23-11-2-4-17-13(8-11)15-10-16-14-9-12(24)3-5-18(14)27-20(16)21(19(15)26-17)32-7-1-6-31-29-22(25)28-30-31/h2-5,8-10,26-27H,1,6-7H2,(H2,25,28,30);2-5,8-10,26-27H,1,6-7H2,(H2,25,29). The normalized spacial score (nSPS) is 11.9. The molecule has 0 amide bonds. The molecule has 12 aromatic rings. The molecule has 6 aromatic heterocycles. The molecule has 0 aliphatic carbocycles. The largest absolute Gasteiger partial charge is 0.489 e. The molecule has 8 N–H and O–H groups in total. The fourth-order valence-electron chi connectivity index (χ4n) is 8.37. The second kappa shape index (κ2) is 16.0. The summed E-state index contributed by atoms with van der Waals surface area (Å²) in [7, 11) is 0. The number of halogens is 4. The summed E-state index contributed by atoms with van der Waals surface area (Å²) in [5.74, 6) is 1.95. The Hall–Kier alpha value is -6.98. The number of nitrogen functional groups attached to an aromatic ring is 2. The van der Waals surface area contributed by atoms with Crippen molar-refractivity contribution in [2.45, 2.75) is 25.9 Å². The Labute approximate surface area is 380 Å². The van der Waals surface area contributed by atoms with Crippen LogP contribution in [-0.4, -0.2) is 73.6 Å². The van der Waals surface area contributed by atoms with Crippen LogP contribution in [0.4, 0.5) is 11.9 Å². The number of nitrogens with one attached hydrogen (secondary N) is 4. The van der Waals surface area contributed by atoms with E-state index in [9.17, 15) is 0 Å². The van der Waals surface area contributed by atoms with Gasteiger partial charge in [-0.05, 0) is 101 Å². The minimum absolute atomic E-state index is 0.158. The number of benzene rings is 6. The molecule has 64 heavy (non-hydrogen) atoms. The van der Waals surface area contributed by atoms with E-state index in [1.54, 1.807) is 4.68 Å². The molecule has 0 bridgehead atoms. The highest BCUT2D eigenvalue weighted by Crippen LogP contribution is 2.43. The highest BCUT2D eigenvalue weighted by Gasteiger charge is 2.20. The van der Waals surface area contributed by atoms with Gasteiger partial charge < -0.3 is 40.9 Å². The van der Waals surface area contributed by atoms with Crippen LogP contribution in [0.5, 0.6) is 11.5 Å². The van der Waals surface area contributed by atoms with Gasteiger partial charge in [-0.25, -0.2) is 4.68 Å². The molecule has 0 saturated heterocycles. The van der Waals surface area contributed by atoms with Crippen molar-refractivity contribution in [1.82, 2.24) is 60.4 Å². The van der Waals surface area contributed by atoms with Crippen molar-refractivity contribution in [1.29, 1.82) is 0 Å². The molecule has 20 heteroatoms. The predicted molar refractivity (Wildman–Crippen MR) is 255 cm³/mol. The molecule has 0 unspecified atom stereocenters. The van der Waals surface area contributed by atoms with Crippen molar-refractivity contribution < 1.29 is 9.47 Å². The van der Waals surface area contributed by atoms with Crippen molar-refractivity contribution in [3.63, 3.8) is 0 Å². The third-order valence-electron chi connectivity index (χ3n) is 11.2. The quantitative estimate of drug-likeness (QED) is 0.0712. The number of rotatable bonds is 10. The van der Waals surface area contributed by atoms with Crippen molar-refractivity contribution in [3.05, 3.63) is 105 Å². The van der Waals surface area contributed by atoms with Gasteiger partial charge in [-0.1, -0.05) is 56.6 Å². The summed E-state index contributed by atoms with van der Waals surface area (Å²) in [4.78, 5) is 15.5. The van der Waals surface area contributed by atoms with Crippen LogP contribution in [0.2, 0.25) is 20.1 Å². The first-order valence-electron chi connectivity index (χ1n) is 20.2. The number of nitrogens with zero attached hydrogens (tertiary/aromatic N) is 8. The number of ether oxygens (including phenoxy) is 2. The van der Waals surface area contributed by atoms with E-state index in [2.05, 4.69) is 63.0 Å². The van der Waals surface area contributed by atoms with Gasteiger partial charge in [-0.3, -0.25) is 0 Å². The number of aromatic nitrogens is 12. The van der Waals surface area contributed by atoms with Crippen molar-refractivity contribution in [2.75, 3.05) is 24.7 Å². The van der Waals surface area contributed by atoms with Crippen molar-refractivity contribution >= 4 is 146 Å². The highest BCUT2D eigenvalue weighted by molar-refractivity contribution is 6.34. The summed E-state index contributed by atoms with van der Waals surface area (Å²) in [5, 5.41) is 33.8. The molecule has 16 nitrogen and oxygen atoms in total. The van der Waals surface area contributed by atoms with Crippen LogP contribution in [-0.2, 0) is 13.1 Å². The van der Waals surface area contributed by atoms with Gasteiger partial charge in [0.15, 0.2) is 11.5 Å². The van der Waals surface area contributed by atoms with E-state index >= 15 is 0 Å². The maximum atomic E-state index is 6.34. The lowest BCUT2D eigenvalue weighted by Crippen LogP contribution is -2.09. The Bertz CT molecular complexity index is 3560. The van der Waals surface area contributed by atoms with Gasteiger partial charge in [0, 0.05) is 105 Å². The molecule has 0 atom stereocenters. The number of H-pyrrole nitrogens is 4. The first-order valence-corrected chi connectivity index (χ1v) is 21.7. The molecule has 0 fully saturated rings. The second-order valence-corrected chi connectivity index (χ2v) is 17.0. The molecule has 0 aliphatic heterocycles. The molecule has 0 spiro atoms. The average molecular weight is 933 g/mol. The fraction of sp³-hybridized carbons (Fsp3) is 0.136. The zero-order chi connectivity index (χ0) is 43.6. The molecule has 6 aromatic carbocycles. The van der Waals surface area contributed by atoms with Crippen LogP contribution in [0, 0.1) is 0 Å². The first-order chi connectivity index (χ1) is 31.1. The van der Waals surface area contributed by atoms with Gasteiger partial charge in [0.2, 0.25) is 5.95 Å². The molecular formula is C44H34Cl4N14O2. The summed E-state index contributed by atoms with van der Waals surface area (Å²) in [5.41, 5.74) is 18.9. The maximum absolute atomic E-state index is 6.34. The molecule has 6 heterocycles. The van der Waals surface area contributed by atoms with Gasteiger partial charge in [-0.2, -0.15) is 4.80 Å². The van der Waals surface area contributed by atoms with E-state index < -0.39 is 0 Å². The lowest BCUT2D eigenvalue weighted by molar-refractivity contribution is 0.298. The Kier molecular flexibility index (Phi) is 9.95. The minimum atomic E-state index is 0.158. The fourth-order valence-corrected chi connectivity index (χ4v) is 9.06. The van der Waals surface area contributed by atoms with Gasteiger partial charge in [-0.15, -0.1) is 5.10 Å². The van der Waals surface area contributed by atoms with E-state index in [0.717, 1.165) is 98.7 Å².